The number of guanidine groups is 1. The Morgan fingerprint density at radius 1 is 1.05 bits per heavy atom. The van der Waals surface area contributed by atoms with Crippen LogP contribution in [0, 0.1) is 13.8 Å². The van der Waals surface area contributed by atoms with E-state index in [0.29, 0.717) is 5.96 Å². The molecule has 98 valence electrons. The molecule has 0 atom stereocenters. The van der Waals surface area contributed by atoms with Crippen LogP contribution in [0.1, 0.15) is 11.1 Å². The number of hydrogen-bond donors (Lipinski definition) is 1. The van der Waals surface area contributed by atoms with Gasteiger partial charge in [0, 0.05) is 12.7 Å². The highest BCUT2D eigenvalue weighted by molar-refractivity contribution is 5.96. The van der Waals surface area contributed by atoms with Gasteiger partial charge in [0.05, 0.1) is 5.69 Å². The fourth-order valence-electron chi connectivity index (χ4n) is 2.01. The number of hydrogen-bond acceptors (Lipinski definition) is 1. The van der Waals surface area contributed by atoms with Crippen molar-refractivity contribution in [2.45, 2.75) is 13.8 Å². The predicted octanol–water partition coefficient (Wildman–Crippen LogP) is 3.39. The zero-order valence-electron chi connectivity index (χ0n) is 11.6. The lowest BCUT2D eigenvalue weighted by Gasteiger charge is -2.20. The van der Waals surface area contributed by atoms with Crippen molar-refractivity contribution >= 4 is 17.3 Å². The van der Waals surface area contributed by atoms with Gasteiger partial charge >= 0.3 is 0 Å². The summed E-state index contributed by atoms with van der Waals surface area (Å²) in [7, 11) is 1.93. The molecule has 0 aliphatic heterocycles. The topological polar surface area (TPSA) is 41.6 Å². The third kappa shape index (κ3) is 3.13. The van der Waals surface area contributed by atoms with Crippen LogP contribution in [0.15, 0.2) is 53.5 Å². The largest absolute Gasteiger partial charge is 0.369 e. The Bertz CT molecular complexity index is 588. The average Bonchev–Trinajstić information content (AvgIpc) is 2.39. The zero-order valence-corrected chi connectivity index (χ0v) is 11.6. The summed E-state index contributed by atoms with van der Waals surface area (Å²) in [4.78, 5) is 6.32. The van der Waals surface area contributed by atoms with Gasteiger partial charge in [-0.25, -0.2) is 4.99 Å². The highest BCUT2D eigenvalue weighted by atomic mass is 15.2. The van der Waals surface area contributed by atoms with E-state index in [4.69, 9.17) is 5.73 Å². The fourth-order valence-corrected chi connectivity index (χ4v) is 2.01. The van der Waals surface area contributed by atoms with E-state index >= 15 is 0 Å². The molecule has 2 rings (SSSR count). The smallest absolute Gasteiger partial charge is 0.200 e. The highest BCUT2D eigenvalue weighted by Crippen LogP contribution is 2.20. The van der Waals surface area contributed by atoms with Crippen LogP contribution in [0.2, 0.25) is 0 Å². The number of aryl methyl sites for hydroxylation is 2. The Kier molecular flexibility index (Phi) is 3.85. The number of benzene rings is 2. The first kappa shape index (κ1) is 13.1. The number of nitrogens with two attached hydrogens (primary N) is 1. The molecule has 0 amide bonds. The molecule has 0 unspecified atom stereocenters. The summed E-state index contributed by atoms with van der Waals surface area (Å²) < 4.78 is 0. The van der Waals surface area contributed by atoms with E-state index in [2.05, 4.69) is 37.0 Å². The minimum absolute atomic E-state index is 0.484. The molecule has 0 fully saturated rings. The number of anilines is 1. The molecule has 0 aliphatic rings. The summed E-state index contributed by atoms with van der Waals surface area (Å²) in [6, 6.07) is 16.0. The van der Waals surface area contributed by atoms with Gasteiger partial charge in [-0.3, -0.25) is 0 Å². The van der Waals surface area contributed by atoms with E-state index in [-0.39, 0.29) is 0 Å². The number of aliphatic imine (C=N–C) groups is 1. The maximum atomic E-state index is 6.06. The van der Waals surface area contributed by atoms with Crippen LogP contribution < -0.4 is 10.6 Å². The van der Waals surface area contributed by atoms with Gasteiger partial charge < -0.3 is 10.6 Å². The van der Waals surface area contributed by atoms with Crippen molar-refractivity contribution in [1.29, 1.82) is 0 Å². The van der Waals surface area contributed by atoms with Crippen LogP contribution in [0.25, 0.3) is 0 Å². The Labute approximate surface area is 114 Å². The average molecular weight is 253 g/mol. The van der Waals surface area contributed by atoms with Crippen LogP contribution in [0.4, 0.5) is 11.4 Å². The zero-order chi connectivity index (χ0) is 13.8. The fraction of sp³-hybridized carbons (Fsp3) is 0.188. The Morgan fingerprint density at radius 2 is 1.74 bits per heavy atom. The van der Waals surface area contributed by atoms with Crippen molar-refractivity contribution in [3.05, 3.63) is 59.7 Å². The van der Waals surface area contributed by atoms with Gasteiger partial charge in [0.2, 0.25) is 5.96 Å². The van der Waals surface area contributed by atoms with Crippen molar-refractivity contribution < 1.29 is 0 Å². The molecular formula is C16H19N3. The lowest BCUT2D eigenvalue weighted by Crippen LogP contribution is -2.34. The van der Waals surface area contributed by atoms with Gasteiger partial charge in [0.1, 0.15) is 0 Å². The molecule has 2 N–H and O–H groups in total. The summed E-state index contributed by atoms with van der Waals surface area (Å²) in [5, 5.41) is 0. The minimum Gasteiger partial charge on any atom is -0.369 e. The molecule has 0 saturated carbocycles. The van der Waals surface area contributed by atoms with Gasteiger partial charge in [-0.1, -0.05) is 35.9 Å². The molecule has 0 saturated heterocycles. The van der Waals surface area contributed by atoms with E-state index in [0.717, 1.165) is 11.4 Å². The quantitative estimate of drug-likeness (QED) is 0.658. The van der Waals surface area contributed by atoms with Crippen molar-refractivity contribution in [3.8, 4) is 0 Å². The second-order valence-electron chi connectivity index (χ2n) is 4.65. The van der Waals surface area contributed by atoms with Crippen LogP contribution in [-0.4, -0.2) is 13.0 Å². The first-order valence-corrected chi connectivity index (χ1v) is 6.28. The summed E-state index contributed by atoms with van der Waals surface area (Å²) in [6.45, 7) is 4.16. The predicted molar refractivity (Wildman–Crippen MR) is 82.0 cm³/mol. The van der Waals surface area contributed by atoms with Gasteiger partial charge in [-0.05, 0) is 37.6 Å². The standard InChI is InChI=1S/C16H19N3/c1-12-9-10-15(13(2)11-12)19(3)16(17)18-14-7-5-4-6-8-14/h4-11H,1-3H3,(H2,17,18). The molecule has 0 spiro atoms. The summed E-state index contributed by atoms with van der Waals surface area (Å²) in [6.07, 6.45) is 0. The Morgan fingerprint density at radius 3 is 2.37 bits per heavy atom. The molecule has 2 aromatic carbocycles. The molecule has 19 heavy (non-hydrogen) atoms. The normalized spacial score (nSPS) is 11.4. The highest BCUT2D eigenvalue weighted by Gasteiger charge is 2.08. The maximum Gasteiger partial charge on any atom is 0.200 e. The molecular weight excluding hydrogens is 234 g/mol. The second-order valence-corrected chi connectivity index (χ2v) is 4.65. The van der Waals surface area contributed by atoms with Gasteiger partial charge in [0.15, 0.2) is 0 Å². The second kappa shape index (κ2) is 5.57. The van der Waals surface area contributed by atoms with E-state index in [1.807, 2.05) is 42.3 Å². The molecule has 0 radical (unpaired) electrons. The molecule has 0 aliphatic carbocycles. The molecule has 3 heteroatoms. The van der Waals surface area contributed by atoms with Crippen LogP contribution >= 0.6 is 0 Å². The molecule has 0 aromatic heterocycles. The SMILES string of the molecule is Cc1ccc(N(C)C(N)=Nc2ccccc2)c(C)c1. The number of para-hydroxylation sites is 1. The number of rotatable bonds is 2. The van der Waals surface area contributed by atoms with Gasteiger partial charge in [-0.2, -0.15) is 0 Å². The molecule has 3 nitrogen and oxygen atoms in total. The third-order valence-electron chi connectivity index (χ3n) is 3.06. The first-order chi connectivity index (χ1) is 9.08. The van der Waals surface area contributed by atoms with Crippen LogP contribution in [-0.2, 0) is 0 Å². The van der Waals surface area contributed by atoms with E-state index < -0.39 is 0 Å². The number of nitrogens with zero attached hydrogens (tertiary/aromatic N) is 2. The molecule has 2 aromatic rings. The summed E-state index contributed by atoms with van der Waals surface area (Å²) >= 11 is 0. The van der Waals surface area contributed by atoms with E-state index in [1.54, 1.807) is 0 Å². The van der Waals surface area contributed by atoms with Crippen molar-refractivity contribution in [3.63, 3.8) is 0 Å². The summed E-state index contributed by atoms with van der Waals surface area (Å²) in [5.41, 5.74) is 10.4. The van der Waals surface area contributed by atoms with Crippen LogP contribution in [0.3, 0.4) is 0 Å². The first-order valence-electron chi connectivity index (χ1n) is 6.28. The Balaban J connectivity index is 2.28. The van der Waals surface area contributed by atoms with Crippen LogP contribution in [0.5, 0.6) is 0 Å². The van der Waals surface area contributed by atoms with Gasteiger partial charge in [-0.15, -0.1) is 0 Å². The third-order valence-corrected chi connectivity index (χ3v) is 3.06. The maximum absolute atomic E-state index is 6.06. The minimum atomic E-state index is 0.484. The van der Waals surface area contributed by atoms with E-state index in [1.165, 1.54) is 11.1 Å². The van der Waals surface area contributed by atoms with E-state index in [9.17, 15) is 0 Å². The van der Waals surface area contributed by atoms with Crippen molar-refractivity contribution in [2.24, 2.45) is 10.7 Å². The Hall–Kier alpha value is -2.29. The summed E-state index contributed by atoms with van der Waals surface area (Å²) in [5.74, 6) is 0.484. The lowest BCUT2D eigenvalue weighted by atomic mass is 10.1. The van der Waals surface area contributed by atoms with Gasteiger partial charge in [0.25, 0.3) is 0 Å². The van der Waals surface area contributed by atoms with Crippen molar-refractivity contribution in [2.75, 3.05) is 11.9 Å². The molecule has 0 bridgehead atoms. The molecule has 0 heterocycles. The monoisotopic (exact) mass is 253 g/mol. The lowest BCUT2D eigenvalue weighted by molar-refractivity contribution is 1.19. The van der Waals surface area contributed by atoms with Crippen molar-refractivity contribution in [1.82, 2.24) is 0 Å².